The van der Waals surface area contributed by atoms with Crippen molar-refractivity contribution in [2.24, 2.45) is 5.92 Å². The van der Waals surface area contributed by atoms with Crippen LogP contribution in [0.25, 0.3) is 11.3 Å². The lowest BCUT2D eigenvalue weighted by Crippen LogP contribution is -2.59. The number of aliphatic carboxylic acids is 1. The average Bonchev–Trinajstić information content (AvgIpc) is 3.16. The van der Waals surface area contributed by atoms with Gasteiger partial charge in [-0.2, -0.15) is 0 Å². The Morgan fingerprint density at radius 2 is 1.97 bits per heavy atom. The van der Waals surface area contributed by atoms with Crippen molar-refractivity contribution in [3.8, 4) is 11.3 Å². The summed E-state index contributed by atoms with van der Waals surface area (Å²) in [6.45, 7) is 0.423. The van der Waals surface area contributed by atoms with Crippen LogP contribution in [0.3, 0.4) is 0 Å². The maximum atomic E-state index is 13.9. The maximum absolute atomic E-state index is 13.9. The fourth-order valence-electron chi connectivity index (χ4n) is 4.06. The third-order valence-electron chi connectivity index (χ3n) is 5.80. The normalized spacial score (nSPS) is 23.9. The average molecular weight is 441 g/mol. The van der Waals surface area contributed by atoms with Gasteiger partial charge in [0.15, 0.2) is 11.5 Å². The summed E-state index contributed by atoms with van der Waals surface area (Å²) in [6.07, 6.45) is -0.321. The van der Waals surface area contributed by atoms with Crippen molar-refractivity contribution in [1.82, 2.24) is 15.4 Å². The molecule has 7 nitrogen and oxygen atoms in total. The molecule has 2 atom stereocenters. The lowest BCUT2D eigenvalue weighted by atomic mass is 9.83. The molecule has 2 N–H and O–H groups in total. The summed E-state index contributed by atoms with van der Waals surface area (Å²) >= 11 is 0. The first kappa shape index (κ1) is 21.3. The zero-order valence-corrected chi connectivity index (χ0v) is 16.2. The van der Waals surface area contributed by atoms with E-state index in [1.165, 1.54) is 6.07 Å². The number of carboxylic acids is 1. The minimum Gasteiger partial charge on any atom is -0.481 e. The molecule has 1 saturated heterocycles. The molecule has 0 unspecified atom stereocenters. The van der Waals surface area contributed by atoms with Crippen molar-refractivity contribution in [3.63, 3.8) is 0 Å². The Hall–Kier alpha value is -2.95. The molecule has 2 aliphatic rings. The third kappa shape index (κ3) is 4.41. The van der Waals surface area contributed by atoms with E-state index in [2.05, 4.69) is 10.5 Å². The molecule has 1 aliphatic heterocycles. The SMILES string of the molecule is O=C(N[C@H]1CCN(C2CC(F)(F)C2)C[C@@H]1C(=O)O)c1cc(-c2ccc(F)cc2F)on1. The lowest BCUT2D eigenvalue weighted by Gasteiger charge is -2.47. The number of aromatic nitrogens is 1. The van der Waals surface area contributed by atoms with Crippen molar-refractivity contribution in [1.29, 1.82) is 0 Å². The largest absolute Gasteiger partial charge is 0.481 e. The molecule has 1 amide bonds. The van der Waals surface area contributed by atoms with Crippen molar-refractivity contribution >= 4 is 11.9 Å². The molecular weight excluding hydrogens is 422 g/mol. The molecule has 166 valence electrons. The predicted molar refractivity (Wildman–Crippen MR) is 98.4 cm³/mol. The smallest absolute Gasteiger partial charge is 0.309 e. The number of carbonyl (C=O) groups is 2. The molecule has 1 aliphatic carbocycles. The highest BCUT2D eigenvalue weighted by Gasteiger charge is 2.50. The van der Waals surface area contributed by atoms with E-state index < -0.39 is 41.4 Å². The number of carboxylic acid groups (broad SMARTS) is 1. The fourth-order valence-corrected chi connectivity index (χ4v) is 4.06. The molecule has 2 fully saturated rings. The molecule has 0 spiro atoms. The van der Waals surface area contributed by atoms with Gasteiger partial charge >= 0.3 is 5.97 Å². The van der Waals surface area contributed by atoms with E-state index in [9.17, 15) is 32.3 Å². The van der Waals surface area contributed by atoms with Crippen molar-refractivity contribution in [2.75, 3.05) is 13.1 Å². The van der Waals surface area contributed by atoms with Crippen LogP contribution < -0.4 is 5.32 Å². The van der Waals surface area contributed by atoms with Gasteiger partial charge in [-0.05, 0) is 18.6 Å². The van der Waals surface area contributed by atoms with E-state index in [4.69, 9.17) is 4.52 Å². The highest BCUT2D eigenvalue weighted by Crippen LogP contribution is 2.41. The van der Waals surface area contributed by atoms with Gasteiger partial charge in [-0.3, -0.25) is 14.5 Å². The molecule has 1 aromatic carbocycles. The van der Waals surface area contributed by atoms with Crippen LogP contribution in [0.1, 0.15) is 29.8 Å². The molecule has 4 rings (SSSR count). The third-order valence-corrected chi connectivity index (χ3v) is 5.80. The van der Waals surface area contributed by atoms with Crippen LogP contribution in [0.4, 0.5) is 17.6 Å². The van der Waals surface area contributed by atoms with Gasteiger partial charge in [-0.15, -0.1) is 0 Å². The number of likely N-dealkylation sites (tertiary alicyclic amines) is 1. The number of carbonyl (C=O) groups excluding carboxylic acids is 1. The van der Waals surface area contributed by atoms with Gasteiger partial charge in [0, 0.05) is 50.1 Å². The number of nitrogens with zero attached hydrogens (tertiary/aromatic N) is 2. The second-order valence-corrected chi connectivity index (χ2v) is 7.93. The Balaban J connectivity index is 1.42. The Kier molecular flexibility index (Phi) is 5.46. The molecule has 1 aromatic heterocycles. The van der Waals surface area contributed by atoms with Gasteiger partial charge in [-0.1, -0.05) is 5.16 Å². The van der Waals surface area contributed by atoms with Crippen LogP contribution in [-0.4, -0.2) is 58.1 Å². The number of benzene rings is 1. The van der Waals surface area contributed by atoms with Gasteiger partial charge in [0.05, 0.1) is 11.5 Å². The molecular formula is C20H19F4N3O4. The summed E-state index contributed by atoms with van der Waals surface area (Å²) < 4.78 is 58.2. The minimum atomic E-state index is -2.71. The second-order valence-electron chi connectivity index (χ2n) is 7.93. The molecule has 0 radical (unpaired) electrons. The summed E-state index contributed by atoms with van der Waals surface area (Å²) in [5.41, 5.74) is -0.272. The topological polar surface area (TPSA) is 95.7 Å². The highest BCUT2D eigenvalue weighted by molar-refractivity contribution is 5.93. The maximum Gasteiger partial charge on any atom is 0.309 e. The van der Waals surface area contributed by atoms with E-state index in [1.54, 1.807) is 4.90 Å². The monoisotopic (exact) mass is 441 g/mol. The molecule has 0 bridgehead atoms. The van der Waals surface area contributed by atoms with Gasteiger partial charge in [0.1, 0.15) is 11.6 Å². The van der Waals surface area contributed by atoms with Gasteiger partial charge in [0.25, 0.3) is 11.8 Å². The van der Waals surface area contributed by atoms with Crippen LogP contribution in [0.15, 0.2) is 28.8 Å². The quantitative estimate of drug-likeness (QED) is 0.693. The Morgan fingerprint density at radius 1 is 1.23 bits per heavy atom. The predicted octanol–water partition coefficient (Wildman–Crippen LogP) is 2.92. The number of alkyl halides is 2. The number of amides is 1. The number of hydrogen-bond donors (Lipinski definition) is 2. The summed E-state index contributed by atoms with van der Waals surface area (Å²) in [6, 6.07) is 2.92. The first-order valence-corrected chi connectivity index (χ1v) is 9.70. The summed E-state index contributed by atoms with van der Waals surface area (Å²) in [5.74, 6) is -7.28. The summed E-state index contributed by atoms with van der Waals surface area (Å²) in [7, 11) is 0. The van der Waals surface area contributed by atoms with E-state index >= 15 is 0 Å². The van der Waals surface area contributed by atoms with Crippen molar-refractivity contribution < 1.29 is 36.8 Å². The van der Waals surface area contributed by atoms with E-state index in [-0.39, 0.29) is 48.9 Å². The summed E-state index contributed by atoms with van der Waals surface area (Å²) in [4.78, 5) is 26.0. The van der Waals surface area contributed by atoms with Gasteiger partial charge < -0.3 is 14.9 Å². The Labute approximate surface area is 174 Å². The zero-order chi connectivity index (χ0) is 22.3. The number of halogens is 4. The number of hydrogen-bond acceptors (Lipinski definition) is 5. The van der Waals surface area contributed by atoms with Crippen LogP contribution in [0, 0.1) is 17.6 Å². The van der Waals surface area contributed by atoms with Crippen molar-refractivity contribution in [2.45, 2.75) is 37.3 Å². The first-order valence-electron chi connectivity index (χ1n) is 9.70. The molecule has 11 heteroatoms. The Bertz CT molecular complexity index is 1000. The van der Waals surface area contributed by atoms with Gasteiger partial charge in [0.2, 0.25) is 0 Å². The van der Waals surface area contributed by atoms with Crippen LogP contribution in [0.5, 0.6) is 0 Å². The Morgan fingerprint density at radius 3 is 2.61 bits per heavy atom. The molecule has 2 aromatic rings. The van der Waals surface area contributed by atoms with E-state index in [0.29, 0.717) is 12.6 Å². The second kappa shape index (κ2) is 7.95. The fraction of sp³-hybridized carbons (Fsp3) is 0.450. The first-order chi connectivity index (χ1) is 14.6. The van der Waals surface area contributed by atoms with E-state index in [1.807, 2.05) is 0 Å². The van der Waals surface area contributed by atoms with Crippen molar-refractivity contribution in [3.05, 3.63) is 41.6 Å². The molecule has 1 saturated carbocycles. The number of piperidine rings is 1. The van der Waals surface area contributed by atoms with Crippen LogP contribution >= 0.6 is 0 Å². The van der Waals surface area contributed by atoms with Gasteiger partial charge in [-0.25, -0.2) is 17.6 Å². The number of rotatable bonds is 5. The molecule has 31 heavy (non-hydrogen) atoms. The van der Waals surface area contributed by atoms with Crippen LogP contribution in [0.2, 0.25) is 0 Å². The zero-order valence-electron chi connectivity index (χ0n) is 16.2. The molecule has 2 heterocycles. The van der Waals surface area contributed by atoms with Crippen LogP contribution in [-0.2, 0) is 4.79 Å². The number of nitrogens with one attached hydrogen (secondary N) is 1. The standard InChI is InChI=1S/C20H19F4N3O4/c21-10-1-2-12(14(22)5-10)17-6-16(26-31-17)18(28)25-15-3-4-27(9-13(15)19(29)30)11-7-20(23,24)8-11/h1-2,5-6,11,13,15H,3-4,7-9H2,(H,25,28)(H,29,30)/t13-,15-/m0/s1. The highest BCUT2D eigenvalue weighted by atomic mass is 19.3. The van der Waals surface area contributed by atoms with E-state index in [0.717, 1.165) is 12.1 Å². The lowest BCUT2D eigenvalue weighted by molar-refractivity contribution is -0.151. The summed E-state index contributed by atoms with van der Waals surface area (Å²) in [5, 5.41) is 15.7. The minimum absolute atomic E-state index is 0.0475.